The molecule has 0 N–H and O–H groups in total. The van der Waals surface area contributed by atoms with E-state index < -0.39 is 39.6 Å². The molecule has 1 atom stereocenters. The molecule has 1 aliphatic heterocycles. The Labute approximate surface area is 177 Å². The van der Waals surface area contributed by atoms with Crippen molar-refractivity contribution in [1.82, 2.24) is 0 Å². The number of carbonyl (C=O) groups excluding carboxylic acids is 1. The van der Waals surface area contributed by atoms with Gasteiger partial charge in [-0.2, -0.15) is 13.2 Å². The zero-order chi connectivity index (χ0) is 23.0. The van der Waals surface area contributed by atoms with Gasteiger partial charge in [-0.25, -0.2) is 13.2 Å². The Morgan fingerprint density at radius 1 is 1.03 bits per heavy atom. The third-order valence-corrected chi connectivity index (χ3v) is 5.47. The number of carbonyl (C=O) groups is 1. The van der Waals surface area contributed by atoms with E-state index in [0.717, 1.165) is 22.7 Å². The Morgan fingerprint density at radius 2 is 1.55 bits per heavy atom. The van der Waals surface area contributed by atoms with Crippen molar-refractivity contribution >= 4 is 21.7 Å². The second kappa shape index (κ2) is 8.04. The van der Waals surface area contributed by atoms with Crippen LogP contribution >= 0.6 is 0 Å². The zero-order valence-electron chi connectivity index (χ0n) is 16.8. The molecule has 0 saturated carbocycles. The van der Waals surface area contributed by atoms with Crippen LogP contribution in [-0.2, 0) is 30.5 Å². The van der Waals surface area contributed by atoms with Crippen molar-refractivity contribution in [2.24, 2.45) is 0 Å². The lowest BCUT2D eigenvalue weighted by atomic mass is 10.2. The molecule has 1 heterocycles. The molecule has 1 fully saturated rings. The molecule has 7 nitrogen and oxygen atoms in total. The Morgan fingerprint density at radius 3 is 1.97 bits per heavy atom. The maximum absolute atomic E-state index is 12.6. The maximum Gasteiger partial charge on any atom is 0.416 e. The quantitative estimate of drug-likeness (QED) is 0.609. The highest BCUT2D eigenvalue weighted by molar-refractivity contribution is 7.92. The van der Waals surface area contributed by atoms with Gasteiger partial charge in [0.05, 0.1) is 24.1 Å². The van der Waals surface area contributed by atoms with Gasteiger partial charge in [0.25, 0.3) is 0 Å². The van der Waals surface area contributed by atoms with Crippen molar-refractivity contribution in [3.8, 4) is 11.5 Å². The van der Waals surface area contributed by atoms with E-state index in [0.29, 0.717) is 0 Å². The summed E-state index contributed by atoms with van der Waals surface area (Å²) in [4.78, 5) is 12.0. The van der Waals surface area contributed by atoms with Crippen LogP contribution in [0.2, 0.25) is 0 Å². The summed E-state index contributed by atoms with van der Waals surface area (Å²) >= 11 is 0. The van der Waals surface area contributed by atoms with E-state index in [4.69, 9.17) is 14.2 Å². The standard InChI is InChI=1S/C20H20F3NO6S/c1-19(2)29-17(18(25)30-19)12-24(31(3,26)27)14-6-10-16(11-7-14)28-15-8-4-13(5-9-15)20(21,22)23/h4-11,17H,12H2,1-3H3/t17-/m0/s1. The van der Waals surface area contributed by atoms with Gasteiger partial charge in [0, 0.05) is 13.8 Å². The van der Waals surface area contributed by atoms with Gasteiger partial charge >= 0.3 is 12.1 Å². The molecule has 0 amide bonds. The summed E-state index contributed by atoms with van der Waals surface area (Å²) in [7, 11) is -3.76. The number of alkyl halides is 3. The lowest BCUT2D eigenvalue weighted by Crippen LogP contribution is -2.39. The fourth-order valence-corrected chi connectivity index (χ4v) is 3.86. The van der Waals surface area contributed by atoms with Crippen molar-refractivity contribution in [3.05, 3.63) is 54.1 Å². The van der Waals surface area contributed by atoms with E-state index >= 15 is 0 Å². The van der Waals surface area contributed by atoms with Crippen LogP contribution in [0, 0.1) is 0 Å². The monoisotopic (exact) mass is 459 g/mol. The van der Waals surface area contributed by atoms with Crippen molar-refractivity contribution in [3.63, 3.8) is 0 Å². The molecule has 2 aromatic carbocycles. The first-order valence-electron chi connectivity index (χ1n) is 9.08. The smallest absolute Gasteiger partial charge is 0.416 e. The Kier molecular flexibility index (Phi) is 5.94. The first kappa shape index (κ1) is 22.9. The Balaban J connectivity index is 1.75. The molecule has 1 aliphatic rings. The minimum atomic E-state index is -4.44. The summed E-state index contributed by atoms with van der Waals surface area (Å²) in [5.74, 6) is -1.34. The molecule has 0 spiro atoms. The molecule has 168 valence electrons. The van der Waals surface area contributed by atoms with E-state index in [1.807, 2.05) is 0 Å². The van der Waals surface area contributed by atoms with Gasteiger partial charge in [0.15, 0.2) is 6.10 Å². The molecule has 3 rings (SSSR count). The summed E-state index contributed by atoms with van der Waals surface area (Å²) in [6, 6.07) is 9.99. The molecule has 0 unspecified atom stereocenters. The average Bonchev–Trinajstić information content (AvgIpc) is 2.91. The van der Waals surface area contributed by atoms with Gasteiger partial charge < -0.3 is 14.2 Å². The lowest BCUT2D eigenvalue weighted by molar-refractivity contribution is -0.160. The number of benzene rings is 2. The summed E-state index contributed by atoms with van der Waals surface area (Å²) in [5, 5.41) is 0. The first-order chi connectivity index (χ1) is 14.2. The van der Waals surface area contributed by atoms with Crippen LogP contribution in [-0.4, -0.2) is 39.1 Å². The number of nitrogens with zero attached hydrogens (tertiary/aromatic N) is 1. The van der Waals surface area contributed by atoms with Gasteiger partial charge in [-0.05, 0) is 48.5 Å². The van der Waals surface area contributed by atoms with Crippen LogP contribution in [0.15, 0.2) is 48.5 Å². The number of ether oxygens (including phenoxy) is 3. The van der Waals surface area contributed by atoms with Gasteiger partial charge in [-0.15, -0.1) is 0 Å². The largest absolute Gasteiger partial charge is 0.457 e. The molecule has 0 radical (unpaired) electrons. The molecular formula is C20H20F3NO6S. The lowest BCUT2D eigenvalue weighted by Gasteiger charge is -2.24. The van der Waals surface area contributed by atoms with Crippen molar-refractivity contribution < 1.29 is 40.6 Å². The SMILES string of the molecule is CC1(C)OC(=O)[C@H](CN(c2ccc(Oc3ccc(C(F)(F)F)cc3)cc2)S(C)(=O)=O)O1. The van der Waals surface area contributed by atoms with Crippen LogP contribution in [0.1, 0.15) is 19.4 Å². The van der Waals surface area contributed by atoms with Gasteiger partial charge in [0.2, 0.25) is 15.8 Å². The summed E-state index contributed by atoms with van der Waals surface area (Å²) < 4.78 is 79.5. The van der Waals surface area contributed by atoms with Crippen molar-refractivity contribution in [1.29, 1.82) is 0 Å². The number of anilines is 1. The Hall–Kier alpha value is -2.79. The number of cyclic esters (lactones) is 1. The third kappa shape index (κ3) is 5.67. The number of halogens is 3. The van der Waals surface area contributed by atoms with E-state index in [2.05, 4.69) is 0 Å². The molecule has 11 heteroatoms. The van der Waals surface area contributed by atoms with Crippen LogP contribution in [0.25, 0.3) is 0 Å². The zero-order valence-corrected chi connectivity index (χ0v) is 17.7. The molecular weight excluding hydrogens is 439 g/mol. The van der Waals surface area contributed by atoms with Crippen LogP contribution < -0.4 is 9.04 Å². The summed E-state index contributed by atoms with van der Waals surface area (Å²) in [5.41, 5.74) is -0.543. The summed E-state index contributed by atoms with van der Waals surface area (Å²) in [6.45, 7) is 2.81. The van der Waals surface area contributed by atoms with E-state index in [1.165, 1.54) is 36.4 Å². The second-order valence-electron chi connectivity index (χ2n) is 7.34. The highest BCUT2D eigenvalue weighted by atomic mass is 32.2. The predicted octanol–water partition coefficient (Wildman–Crippen LogP) is 3.94. The van der Waals surface area contributed by atoms with Gasteiger partial charge in [0.1, 0.15) is 11.5 Å². The predicted molar refractivity (Wildman–Crippen MR) is 105 cm³/mol. The molecule has 0 aromatic heterocycles. The topological polar surface area (TPSA) is 82.1 Å². The maximum atomic E-state index is 12.6. The molecule has 31 heavy (non-hydrogen) atoms. The minimum Gasteiger partial charge on any atom is -0.457 e. The van der Waals surface area contributed by atoms with E-state index in [9.17, 15) is 26.4 Å². The van der Waals surface area contributed by atoms with E-state index in [1.54, 1.807) is 13.8 Å². The number of hydrogen-bond acceptors (Lipinski definition) is 6. The van der Waals surface area contributed by atoms with Crippen molar-refractivity contribution in [2.75, 3.05) is 17.1 Å². The molecule has 1 saturated heterocycles. The highest BCUT2D eigenvalue weighted by Gasteiger charge is 2.43. The first-order valence-corrected chi connectivity index (χ1v) is 10.9. The number of rotatable bonds is 6. The molecule has 2 aromatic rings. The number of esters is 1. The van der Waals surface area contributed by atoms with Gasteiger partial charge in [-0.3, -0.25) is 4.31 Å². The fraction of sp³-hybridized carbons (Fsp3) is 0.350. The Bertz CT molecular complexity index is 1050. The van der Waals surface area contributed by atoms with Crippen LogP contribution in [0.3, 0.4) is 0 Å². The van der Waals surface area contributed by atoms with Crippen molar-refractivity contribution in [2.45, 2.75) is 31.9 Å². The van der Waals surface area contributed by atoms with E-state index in [-0.39, 0.29) is 23.7 Å². The minimum absolute atomic E-state index is 0.185. The number of sulfonamides is 1. The van der Waals surface area contributed by atoms with Crippen LogP contribution in [0.4, 0.5) is 18.9 Å². The van der Waals surface area contributed by atoms with Crippen LogP contribution in [0.5, 0.6) is 11.5 Å². The third-order valence-electron chi connectivity index (χ3n) is 4.31. The van der Waals surface area contributed by atoms with Gasteiger partial charge in [-0.1, -0.05) is 0 Å². The number of hydrogen-bond donors (Lipinski definition) is 0. The highest BCUT2D eigenvalue weighted by Crippen LogP contribution is 2.32. The summed E-state index contributed by atoms with van der Waals surface area (Å²) in [6.07, 6.45) is -4.54. The molecule has 0 aliphatic carbocycles. The second-order valence-corrected chi connectivity index (χ2v) is 9.25. The molecule has 0 bridgehead atoms. The average molecular weight is 459 g/mol. The fourth-order valence-electron chi connectivity index (χ4n) is 2.95. The normalized spacial score (nSPS) is 18.5.